The van der Waals surface area contributed by atoms with Crippen molar-refractivity contribution in [3.8, 4) is 0 Å². The summed E-state index contributed by atoms with van der Waals surface area (Å²) in [6, 6.07) is 6.86. The number of carbonyl (C=O) groups excluding carboxylic acids is 3. The number of hydroxylamine groups is 3. The lowest BCUT2D eigenvalue weighted by molar-refractivity contribution is -1.04. The van der Waals surface area contributed by atoms with E-state index in [0.29, 0.717) is 40.1 Å². The Kier molecular flexibility index (Phi) is 6.67. The van der Waals surface area contributed by atoms with Gasteiger partial charge in [-0.3, -0.25) is 14.6 Å². The number of rotatable bonds is 5. The molecule has 16 heteroatoms. The van der Waals surface area contributed by atoms with Gasteiger partial charge >= 0.3 is 29.6 Å². The van der Waals surface area contributed by atoms with E-state index in [0.717, 1.165) is 6.92 Å². The Balaban J connectivity index is 1.81. The maximum Gasteiger partial charge on any atom is 0.501 e. The summed E-state index contributed by atoms with van der Waals surface area (Å²) in [4.78, 5) is 46.6. The van der Waals surface area contributed by atoms with Crippen LogP contribution in [0.2, 0.25) is 0 Å². The maximum atomic E-state index is 13.6. The lowest BCUT2D eigenvalue weighted by Gasteiger charge is -2.30. The third kappa shape index (κ3) is 4.69. The number of fused-ring (bicyclic) bond motifs is 1. The van der Waals surface area contributed by atoms with Gasteiger partial charge in [0, 0.05) is 24.1 Å². The molecule has 0 spiro atoms. The highest BCUT2D eigenvalue weighted by Crippen LogP contribution is 2.38. The van der Waals surface area contributed by atoms with Crippen molar-refractivity contribution in [2.24, 2.45) is 0 Å². The van der Waals surface area contributed by atoms with Crippen LogP contribution in [0.4, 0.5) is 36.8 Å². The van der Waals surface area contributed by atoms with Crippen molar-refractivity contribution < 1.29 is 58.6 Å². The Labute approximate surface area is 215 Å². The highest BCUT2D eigenvalue weighted by Gasteiger charge is 2.65. The molecule has 1 aliphatic heterocycles. The van der Waals surface area contributed by atoms with Gasteiger partial charge < -0.3 is 0 Å². The summed E-state index contributed by atoms with van der Waals surface area (Å²) >= 11 is 0. The largest absolute Gasteiger partial charge is 0.501 e. The quantitative estimate of drug-likeness (QED) is 0.251. The SMILES string of the molecule is C[C@@H]1C(=O)N(c2ccc(S(=O)(=O)C(F)(F)F)cc2)C(=O)[N+]1(Cc1ccnc2ccccc12)OC(=O)C(F)(F)F. The van der Waals surface area contributed by atoms with E-state index in [1.165, 1.54) is 12.3 Å². The minimum absolute atomic E-state index is 0.192. The van der Waals surface area contributed by atoms with Crippen molar-refractivity contribution >= 4 is 44.3 Å². The van der Waals surface area contributed by atoms with E-state index >= 15 is 0 Å². The molecule has 4 rings (SSSR count). The summed E-state index contributed by atoms with van der Waals surface area (Å²) in [5.74, 6) is -3.91. The number of quaternary nitrogens is 1. The number of amides is 3. The first-order chi connectivity index (χ1) is 18.0. The Morgan fingerprint density at radius 1 is 1.00 bits per heavy atom. The molecule has 9 nitrogen and oxygen atoms in total. The normalized spacial score (nSPS) is 20.5. The van der Waals surface area contributed by atoms with Gasteiger partial charge in [-0.25, -0.2) is 18.0 Å². The monoisotopic (exact) mass is 576 g/mol. The molecule has 2 heterocycles. The van der Waals surface area contributed by atoms with Gasteiger partial charge in [-0.05, 0) is 41.0 Å². The lowest BCUT2D eigenvalue weighted by atomic mass is 10.1. The molecule has 2 atom stereocenters. The second kappa shape index (κ2) is 9.30. The number of benzene rings is 2. The molecular weight excluding hydrogens is 560 g/mol. The molecule has 1 fully saturated rings. The molecule has 0 N–H and O–H groups in total. The average molecular weight is 576 g/mol. The molecule has 0 aliphatic carbocycles. The van der Waals surface area contributed by atoms with Crippen molar-refractivity contribution in [3.05, 3.63) is 66.4 Å². The van der Waals surface area contributed by atoms with Crippen molar-refractivity contribution in [2.75, 3.05) is 4.90 Å². The van der Waals surface area contributed by atoms with Crippen molar-refractivity contribution in [3.63, 3.8) is 0 Å². The van der Waals surface area contributed by atoms with Crippen LogP contribution in [0.3, 0.4) is 0 Å². The molecule has 1 aliphatic rings. The summed E-state index contributed by atoms with van der Waals surface area (Å²) in [6.45, 7) is 0.295. The third-order valence-corrected chi connectivity index (χ3v) is 7.55. The van der Waals surface area contributed by atoms with Crippen molar-refractivity contribution in [1.82, 2.24) is 4.98 Å². The number of aromatic nitrogens is 1. The fourth-order valence-corrected chi connectivity index (χ4v) is 4.80. The van der Waals surface area contributed by atoms with Crippen LogP contribution < -0.4 is 4.90 Å². The molecule has 0 radical (unpaired) electrons. The van der Waals surface area contributed by atoms with E-state index in [-0.39, 0.29) is 5.56 Å². The summed E-state index contributed by atoms with van der Waals surface area (Å²) in [7, 11) is -5.76. The van der Waals surface area contributed by atoms with Gasteiger partial charge in [0.25, 0.3) is 9.84 Å². The first-order valence-electron chi connectivity index (χ1n) is 10.8. The fraction of sp³-hybridized carbons (Fsp3) is 0.217. The van der Waals surface area contributed by atoms with Crippen LogP contribution in [0.15, 0.2) is 65.7 Å². The first kappa shape index (κ1) is 28.0. The van der Waals surface area contributed by atoms with E-state index in [2.05, 4.69) is 9.82 Å². The van der Waals surface area contributed by atoms with Crippen LogP contribution >= 0.6 is 0 Å². The van der Waals surface area contributed by atoms with Gasteiger partial charge in [-0.15, -0.1) is 0 Å². The number of para-hydroxylation sites is 1. The number of alkyl halides is 6. The molecule has 3 aromatic rings. The average Bonchev–Trinajstić information content (AvgIpc) is 3.03. The summed E-state index contributed by atoms with van der Waals surface area (Å²) in [6.07, 6.45) is -4.25. The predicted molar refractivity (Wildman–Crippen MR) is 120 cm³/mol. The zero-order chi connectivity index (χ0) is 29.0. The van der Waals surface area contributed by atoms with Crippen molar-refractivity contribution in [1.29, 1.82) is 0 Å². The van der Waals surface area contributed by atoms with E-state index in [4.69, 9.17) is 0 Å². The van der Waals surface area contributed by atoms with Crippen LogP contribution in [0.25, 0.3) is 10.9 Å². The number of halogens is 6. The number of anilines is 1. The molecule has 0 saturated carbocycles. The molecular formula is C23H16F6N3O6S+. The molecule has 1 saturated heterocycles. The topological polar surface area (TPSA) is 111 Å². The molecule has 1 unspecified atom stereocenters. The standard InChI is InChI=1S/C23H16F6N3O6S/c1-13-19(33)31(15-6-8-16(9-7-15)39(36,37)23(27,28)29)21(35)32(13,38-20(34)22(24,25)26)12-14-10-11-30-18-5-3-2-4-17(14)18/h2-11,13H,12H2,1H3/q+1/t13-,32?/m1/s1. The molecule has 1 aromatic heterocycles. The number of sulfone groups is 1. The summed E-state index contributed by atoms with van der Waals surface area (Å²) in [5.41, 5.74) is -5.51. The van der Waals surface area contributed by atoms with Gasteiger partial charge in [-0.1, -0.05) is 18.2 Å². The van der Waals surface area contributed by atoms with Crippen LogP contribution in [0.5, 0.6) is 0 Å². The minimum Gasteiger partial charge on any atom is -0.267 e. The second-order valence-corrected chi connectivity index (χ2v) is 10.3. The van der Waals surface area contributed by atoms with Crippen LogP contribution in [0, 0.1) is 0 Å². The number of pyridine rings is 1. The number of nitrogens with zero attached hydrogens (tertiary/aromatic N) is 3. The second-order valence-electron chi connectivity index (χ2n) is 8.39. The lowest BCUT2D eigenvalue weighted by Crippen LogP contribution is -2.57. The Hall–Kier alpha value is -4.05. The van der Waals surface area contributed by atoms with Gasteiger partial charge in [-0.2, -0.15) is 31.2 Å². The van der Waals surface area contributed by atoms with E-state index < -0.39 is 67.2 Å². The van der Waals surface area contributed by atoms with E-state index in [1.54, 1.807) is 24.3 Å². The molecule has 2 aromatic carbocycles. The van der Waals surface area contributed by atoms with Crippen LogP contribution in [-0.4, -0.2) is 53.7 Å². The number of hydrogen-bond acceptors (Lipinski definition) is 7. The van der Waals surface area contributed by atoms with Gasteiger partial charge in [0.15, 0.2) is 6.54 Å². The number of carbonyl (C=O) groups is 3. The highest BCUT2D eigenvalue weighted by atomic mass is 32.2. The Bertz CT molecular complexity index is 1590. The van der Waals surface area contributed by atoms with Crippen LogP contribution in [0.1, 0.15) is 12.5 Å². The fourth-order valence-electron chi connectivity index (χ4n) is 4.04. The molecule has 3 amide bonds. The molecule has 39 heavy (non-hydrogen) atoms. The summed E-state index contributed by atoms with van der Waals surface area (Å²) in [5, 5.41) is 0.383. The Morgan fingerprint density at radius 3 is 2.21 bits per heavy atom. The number of imide groups is 1. The smallest absolute Gasteiger partial charge is 0.267 e. The van der Waals surface area contributed by atoms with Gasteiger partial charge in [0.05, 0.1) is 16.1 Å². The zero-order valence-corrected chi connectivity index (χ0v) is 20.3. The van der Waals surface area contributed by atoms with Crippen LogP contribution in [-0.2, 0) is 30.8 Å². The van der Waals surface area contributed by atoms with E-state index in [1.807, 2.05) is 0 Å². The number of hydrogen-bond donors (Lipinski definition) is 0. The summed E-state index contributed by atoms with van der Waals surface area (Å²) < 4.78 is 99.8. The van der Waals surface area contributed by atoms with E-state index in [9.17, 15) is 49.1 Å². The predicted octanol–water partition coefficient (Wildman–Crippen LogP) is 4.42. The van der Waals surface area contributed by atoms with Gasteiger partial charge in [0.1, 0.15) is 0 Å². The minimum atomic E-state index is -5.76. The number of urea groups is 1. The third-order valence-electron chi connectivity index (χ3n) is 6.05. The highest BCUT2D eigenvalue weighted by molar-refractivity contribution is 7.92. The zero-order valence-electron chi connectivity index (χ0n) is 19.5. The first-order valence-corrected chi connectivity index (χ1v) is 12.3. The maximum absolute atomic E-state index is 13.6. The van der Waals surface area contributed by atoms with Crippen molar-refractivity contribution in [2.45, 2.75) is 36.1 Å². The van der Waals surface area contributed by atoms with Gasteiger partial charge in [0.2, 0.25) is 6.04 Å². The Morgan fingerprint density at radius 2 is 1.62 bits per heavy atom. The molecule has 0 bridgehead atoms. The molecule has 206 valence electrons.